The molecule has 3 nitrogen and oxygen atoms in total. The van der Waals surface area contributed by atoms with Crippen molar-refractivity contribution in [1.82, 2.24) is 0 Å². The Hall–Kier alpha value is -1.51. The summed E-state index contributed by atoms with van der Waals surface area (Å²) in [5.74, 6) is 0.574. The molecule has 0 radical (unpaired) electrons. The topological polar surface area (TPSA) is 35.5 Å². The SMILES string of the molecule is [2H]C1([2H])Oc2ccc(C=O)cc2O1. The Labute approximate surface area is 66.4 Å². The Bertz CT molecular complexity index is 362. The maximum Gasteiger partial charge on any atom is 0.231 e. The molecule has 2 rings (SSSR count). The minimum Gasteiger partial charge on any atom is -0.454 e. The predicted octanol–water partition coefficient (Wildman–Crippen LogP) is 1.23. The summed E-state index contributed by atoms with van der Waals surface area (Å²) in [7, 11) is 0. The Balaban J connectivity index is 2.41. The molecular formula is C8H6O3. The van der Waals surface area contributed by atoms with Crippen LogP contribution in [0.2, 0.25) is 0 Å². The Morgan fingerprint density at radius 2 is 2.27 bits per heavy atom. The zero-order chi connectivity index (χ0) is 9.47. The molecule has 0 saturated heterocycles. The van der Waals surface area contributed by atoms with Crippen LogP contribution in [0.25, 0.3) is 0 Å². The molecule has 0 saturated carbocycles. The molecule has 1 heterocycles. The quantitative estimate of drug-likeness (QED) is 0.568. The fourth-order valence-corrected chi connectivity index (χ4v) is 0.873. The van der Waals surface area contributed by atoms with Gasteiger partial charge in [0, 0.05) is 5.56 Å². The van der Waals surface area contributed by atoms with E-state index in [1.807, 2.05) is 0 Å². The number of hydrogen-bond donors (Lipinski definition) is 0. The number of hydrogen-bond acceptors (Lipinski definition) is 3. The van der Waals surface area contributed by atoms with Gasteiger partial charge in [0.05, 0.1) is 0 Å². The van der Waals surface area contributed by atoms with Gasteiger partial charge in [-0.15, -0.1) is 0 Å². The number of carbonyl (C=O) groups excluding carboxylic acids is 1. The molecule has 0 bridgehead atoms. The molecule has 1 aliphatic rings. The summed E-state index contributed by atoms with van der Waals surface area (Å²) in [5, 5.41) is 0. The first-order chi connectivity index (χ1) is 6.11. The van der Waals surface area contributed by atoms with Gasteiger partial charge in [0.2, 0.25) is 6.75 Å². The summed E-state index contributed by atoms with van der Waals surface area (Å²) < 4.78 is 23.8. The van der Waals surface area contributed by atoms with Crippen molar-refractivity contribution < 1.29 is 17.0 Å². The lowest BCUT2D eigenvalue weighted by molar-refractivity contribution is 0.112. The second-order valence-corrected chi connectivity index (χ2v) is 2.11. The van der Waals surface area contributed by atoms with E-state index in [4.69, 9.17) is 12.2 Å². The van der Waals surface area contributed by atoms with Crippen LogP contribution in [-0.2, 0) is 0 Å². The summed E-state index contributed by atoms with van der Waals surface area (Å²) in [6.45, 7) is -2.12. The molecule has 0 amide bonds. The number of ether oxygens (including phenoxy) is 2. The van der Waals surface area contributed by atoms with Gasteiger partial charge in [-0.3, -0.25) is 4.79 Å². The van der Waals surface area contributed by atoms with Crippen LogP contribution in [0.15, 0.2) is 18.2 Å². The number of carbonyl (C=O) groups is 1. The van der Waals surface area contributed by atoms with E-state index in [0.29, 0.717) is 17.6 Å². The van der Waals surface area contributed by atoms with E-state index in [2.05, 4.69) is 0 Å². The molecule has 0 unspecified atom stereocenters. The fraction of sp³-hybridized carbons (Fsp3) is 0.125. The summed E-state index contributed by atoms with van der Waals surface area (Å²) in [6, 6.07) is 4.48. The fourth-order valence-electron chi connectivity index (χ4n) is 0.873. The zero-order valence-corrected chi connectivity index (χ0v) is 5.53. The molecular weight excluding hydrogens is 144 g/mol. The van der Waals surface area contributed by atoms with Crippen molar-refractivity contribution in [2.45, 2.75) is 0 Å². The molecule has 1 aromatic carbocycles. The van der Waals surface area contributed by atoms with E-state index in [-0.39, 0.29) is 5.75 Å². The molecule has 11 heavy (non-hydrogen) atoms. The van der Waals surface area contributed by atoms with Crippen LogP contribution in [0.4, 0.5) is 0 Å². The highest BCUT2D eigenvalue weighted by atomic mass is 16.7. The Kier molecular flexibility index (Phi) is 0.904. The van der Waals surface area contributed by atoms with Gasteiger partial charge in [0.25, 0.3) is 0 Å². The van der Waals surface area contributed by atoms with E-state index in [0.717, 1.165) is 0 Å². The van der Waals surface area contributed by atoms with Crippen molar-refractivity contribution in [3.8, 4) is 11.5 Å². The standard InChI is InChI=1S/C8H6O3/c9-4-6-1-2-7-8(3-6)11-5-10-7/h1-4H,5H2/i5D2. The van der Waals surface area contributed by atoms with Crippen molar-refractivity contribution in [3.05, 3.63) is 23.8 Å². The Morgan fingerprint density at radius 3 is 3.09 bits per heavy atom. The molecule has 0 aliphatic carbocycles. The van der Waals surface area contributed by atoms with E-state index in [1.165, 1.54) is 18.2 Å². The lowest BCUT2D eigenvalue weighted by Crippen LogP contribution is -1.92. The molecule has 0 fully saturated rings. The van der Waals surface area contributed by atoms with E-state index < -0.39 is 6.75 Å². The van der Waals surface area contributed by atoms with Crippen molar-refractivity contribution >= 4 is 6.29 Å². The van der Waals surface area contributed by atoms with Crippen molar-refractivity contribution in [2.75, 3.05) is 6.75 Å². The number of benzene rings is 1. The van der Waals surface area contributed by atoms with Gasteiger partial charge >= 0.3 is 0 Å². The minimum absolute atomic E-state index is 0.259. The molecule has 0 spiro atoms. The normalized spacial score (nSPS) is 20.4. The van der Waals surface area contributed by atoms with Gasteiger partial charge in [0.15, 0.2) is 11.5 Å². The smallest absolute Gasteiger partial charge is 0.231 e. The maximum absolute atomic E-state index is 10.4. The molecule has 1 aliphatic heterocycles. The van der Waals surface area contributed by atoms with Crippen LogP contribution < -0.4 is 9.47 Å². The summed E-state index contributed by atoms with van der Waals surface area (Å²) in [4.78, 5) is 10.4. The summed E-state index contributed by atoms with van der Waals surface area (Å²) >= 11 is 0. The van der Waals surface area contributed by atoms with Gasteiger partial charge in [0.1, 0.15) is 9.03 Å². The van der Waals surface area contributed by atoms with Crippen molar-refractivity contribution in [1.29, 1.82) is 0 Å². The monoisotopic (exact) mass is 152 g/mol. The largest absolute Gasteiger partial charge is 0.454 e. The predicted molar refractivity (Wildman–Crippen MR) is 38.0 cm³/mol. The molecule has 1 aromatic rings. The van der Waals surface area contributed by atoms with Crippen LogP contribution >= 0.6 is 0 Å². The second kappa shape index (κ2) is 2.27. The maximum atomic E-state index is 10.4. The van der Waals surface area contributed by atoms with Crippen LogP contribution in [0.5, 0.6) is 11.5 Å². The lowest BCUT2D eigenvalue weighted by Gasteiger charge is -1.94. The van der Waals surface area contributed by atoms with E-state index in [9.17, 15) is 4.79 Å². The Morgan fingerprint density at radius 1 is 1.45 bits per heavy atom. The van der Waals surface area contributed by atoms with E-state index in [1.54, 1.807) is 0 Å². The first-order valence-electron chi connectivity index (χ1n) is 4.08. The number of rotatable bonds is 1. The van der Waals surface area contributed by atoms with Gasteiger partial charge in [-0.05, 0) is 18.2 Å². The third kappa shape index (κ3) is 0.941. The highest BCUT2D eigenvalue weighted by molar-refractivity contribution is 5.76. The summed E-state index contributed by atoms with van der Waals surface area (Å²) in [5.41, 5.74) is 0.431. The molecule has 0 aromatic heterocycles. The van der Waals surface area contributed by atoms with Gasteiger partial charge in [-0.1, -0.05) is 0 Å². The summed E-state index contributed by atoms with van der Waals surface area (Å²) in [6.07, 6.45) is 0.664. The van der Waals surface area contributed by atoms with E-state index >= 15 is 0 Å². The minimum atomic E-state index is -2.12. The lowest BCUT2D eigenvalue weighted by atomic mass is 10.2. The molecule has 3 heteroatoms. The average Bonchev–Trinajstić information content (AvgIpc) is 2.36. The van der Waals surface area contributed by atoms with Crippen molar-refractivity contribution in [3.63, 3.8) is 0 Å². The molecule has 56 valence electrons. The van der Waals surface area contributed by atoms with Gasteiger partial charge in [-0.25, -0.2) is 0 Å². The number of aldehydes is 1. The number of fused-ring (bicyclic) bond motifs is 1. The van der Waals surface area contributed by atoms with Crippen LogP contribution in [-0.4, -0.2) is 13.0 Å². The van der Waals surface area contributed by atoms with Crippen molar-refractivity contribution in [2.24, 2.45) is 0 Å². The first-order valence-corrected chi connectivity index (χ1v) is 3.08. The first kappa shape index (κ1) is 4.38. The highest BCUT2D eigenvalue weighted by Gasteiger charge is 2.12. The van der Waals surface area contributed by atoms with Crippen LogP contribution in [0.1, 0.15) is 13.1 Å². The van der Waals surface area contributed by atoms with Gasteiger partial charge in [-0.2, -0.15) is 0 Å². The third-order valence-corrected chi connectivity index (χ3v) is 1.41. The highest BCUT2D eigenvalue weighted by Crippen LogP contribution is 2.31. The van der Waals surface area contributed by atoms with Gasteiger partial charge < -0.3 is 9.47 Å². The average molecular weight is 152 g/mol. The zero-order valence-electron chi connectivity index (χ0n) is 7.53. The second-order valence-electron chi connectivity index (χ2n) is 2.11. The molecule has 0 N–H and O–H groups in total. The third-order valence-electron chi connectivity index (χ3n) is 1.41. The molecule has 0 atom stereocenters. The van der Waals surface area contributed by atoms with Crippen LogP contribution in [0, 0.1) is 0 Å². The van der Waals surface area contributed by atoms with Crippen LogP contribution in [0.3, 0.4) is 0 Å².